The Morgan fingerprint density at radius 2 is 0.951 bits per heavy atom. The van der Waals surface area contributed by atoms with Crippen molar-refractivity contribution < 1.29 is 16.8 Å². The van der Waals surface area contributed by atoms with Gasteiger partial charge < -0.3 is 0 Å². The van der Waals surface area contributed by atoms with E-state index in [1.54, 1.807) is 54.6 Å². The average Bonchev–Trinajstić information content (AvgIpc) is 3.76. The molecule has 0 spiro atoms. The van der Waals surface area contributed by atoms with Crippen LogP contribution in [0.25, 0.3) is 20.4 Å². The predicted molar refractivity (Wildman–Crippen MR) is 259 cm³/mol. The first-order valence-electron chi connectivity index (χ1n) is 17.2. The molecule has 21 heteroatoms. The lowest BCUT2D eigenvalue weighted by molar-refractivity contribution is 0.599. The first kappa shape index (κ1) is 46.3. The molecule has 0 saturated carbocycles. The molecule has 0 atom stereocenters. The Kier molecular flexibility index (Phi) is 14.6. The lowest BCUT2D eigenvalue weighted by atomic mass is 10.2. The highest BCUT2D eigenvalue weighted by Gasteiger charge is 2.22. The first-order chi connectivity index (χ1) is 28.8. The highest BCUT2D eigenvalue weighted by molar-refractivity contribution is 8.01. The molecule has 2 N–H and O–H groups in total. The van der Waals surface area contributed by atoms with Crippen molar-refractivity contribution in [2.75, 3.05) is 9.44 Å². The Balaban J connectivity index is 0.000000184. The molecule has 8 rings (SSSR count). The summed E-state index contributed by atoms with van der Waals surface area (Å²) in [7, 11) is -7.76. The summed E-state index contributed by atoms with van der Waals surface area (Å²) in [6.45, 7) is 3.66. The van der Waals surface area contributed by atoms with E-state index in [4.69, 9.17) is 81.2 Å². The number of nitrogens with zero attached hydrogens (tertiary/aromatic N) is 2. The zero-order chi connectivity index (χ0) is 43.8. The van der Waals surface area contributed by atoms with Gasteiger partial charge in [0.2, 0.25) is 0 Å². The fourth-order valence-electron chi connectivity index (χ4n) is 5.46. The number of benzene rings is 6. The molecular formula is C40H25Cl7N4O4S6. The van der Waals surface area contributed by atoms with E-state index in [1.165, 1.54) is 70.5 Å². The van der Waals surface area contributed by atoms with Crippen LogP contribution >= 0.6 is 127 Å². The van der Waals surface area contributed by atoms with E-state index < -0.39 is 20.0 Å². The van der Waals surface area contributed by atoms with Crippen molar-refractivity contribution in [2.45, 2.75) is 42.1 Å². The molecular weight excluding hydrogens is 1040 g/mol. The topological polar surface area (TPSA) is 118 Å². The summed E-state index contributed by atoms with van der Waals surface area (Å²) >= 11 is 49.2. The van der Waals surface area contributed by atoms with Crippen molar-refractivity contribution in [1.29, 1.82) is 0 Å². The van der Waals surface area contributed by atoms with Crippen LogP contribution in [-0.2, 0) is 20.0 Å². The molecule has 0 aliphatic carbocycles. The van der Waals surface area contributed by atoms with Crippen LogP contribution in [0.3, 0.4) is 0 Å². The van der Waals surface area contributed by atoms with Gasteiger partial charge in [-0.25, -0.2) is 26.8 Å². The molecule has 0 aliphatic heterocycles. The van der Waals surface area contributed by atoms with Crippen LogP contribution in [0.4, 0.5) is 11.4 Å². The van der Waals surface area contributed by atoms with E-state index in [9.17, 15) is 16.8 Å². The van der Waals surface area contributed by atoms with Crippen LogP contribution in [0.15, 0.2) is 131 Å². The summed E-state index contributed by atoms with van der Waals surface area (Å²) in [5.74, 6) is 0. The fraction of sp³-hybridized carbons (Fsp3) is 0.0500. The maximum Gasteiger partial charge on any atom is 0.263 e. The van der Waals surface area contributed by atoms with Crippen LogP contribution in [0.5, 0.6) is 0 Å². The molecule has 8 aromatic rings. The molecule has 0 amide bonds. The summed E-state index contributed by atoms with van der Waals surface area (Å²) < 4.78 is 59.4. The molecule has 0 aliphatic rings. The third-order valence-corrected chi connectivity index (χ3v) is 18.1. The Morgan fingerprint density at radius 3 is 1.43 bits per heavy atom. The molecule has 0 fully saturated rings. The van der Waals surface area contributed by atoms with Gasteiger partial charge >= 0.3 is 0 Å². The standard InChI is InChI=1S/C20H12Cl4N2O2S3.C20H13Cl3N2O2S3/c1-10-2-5-18(13(22)6-10)31(27,28)26-12-8-14(23)19(15(24)9-12)30-20-25-16-7-11(21)3-4-17(16)29-20;1-11-2-7-19(15(23)8-11)30(26,27)25-13-4-6-17(14(22)10-13)28-20-24-16-9-12(21)3-5-18(16)29-20/h2-9,26H,1H3;2-10,25H,1H3. The number of nitrogens with one attached hydrogen (secondary N) is 2. The van der Waals surface area contributed by atoms with E-state index in [0.717, 1.165) is 45.1 Å². The van der Waals surface area contributed by atoms with Gasteiger partial charge in [0.15, 0.2) is 8.68 Å². The Hall–Kier alpha value is -2.67. The van der Waals surface area contributed by atoms with E-state index >= 15 is 0 Å². The molecule has 2 aromatic heterocycles. The molecule has 0 radical (unpaired) electrons. The van der Waals surface area contributed by atoms with Crippen molar-refractivity contribution in [1.82, 2.24) is 9.97 Å². The summed E-state index contributed by atoms with van der Waals surface area (Å²) in [4.78, 5) is 10.4. The summed E-state index contributed by atoms with van der Waals surface area (Å²) in [5.41, 5.74) is 3.91. The van der Waals surface area contributed by atoms with Gasteiger partial charge in [-0.1, -0.05) is 117 Å². The van der Waals surface area contributed by atoms with Crippen LogP contribution in [-0.4, -0.2) is 26.8 Å². The zero-order valence-electron chi connectivity index (χ0n) is 30.9. The second kappa shape index (κ2) is 19.2. The lowest BCUT2D eigenvalue weighted by Gasteiger charge is -2.12. The van der Waals surface area contributed by atoms with Crippen molar-refractivity contribution in [2.24, 2.45) is 0 Å². The first-order valence-corrected chi connectivity index (χ1v) is 26.1. The Bertz CT molecular complexity index is 3200. The number of halogens is 7. The SMILES string of the molecule is Cc1ccc(S(=O)(=O)Nc2cc(Cl)c(Sc3nc4cc(Cl)ccc4s3)c(Cl)c2)c(Cl)c1.Cc1ccc(S(=O)(=O)Nc2ccc(Sc3nc4cc(Cl)ccc4s3)c(Cl)c2)c(Cl)c1. The Labute approximate surface area is 403 Å². The third-order valence-electron chi connectivity index (χ3n) is 8.24. The molecule has 8 nitrogen and oxygen atoms in total. The largest absolute Gasteiger partial charge is 0.280 e. The van der Waals surface area contributed by atoms with E-state index in [-0.39, 0.29) is 25.5 Å². The molecule has 6 aromatic carbocycles. The van der Waals surface area contributed by atoms with Crippen LogP contribution < -0.4 is 9.44 Å². The second-order valence-electron chi connectivity index (χ2n) is 12.9. The van der Waals surface area contributed by atoms with Gasteiger partial charge in [-0.15, -0.1) is 22.7 Å². The van der Waals surface area contributed by atoms with Gasteiger partial charge in [-0.05, 0) is 116 Å². The van der Waals surface area contributed by atoms with Crippen molar-refractivity contribution in [3.05, 3.63) is 149 Å². The predicted octanol–water partition coefficient (Wildman–Crippen LogP) is 15.7. The fourth-order valence-corrected chi connectivity index (χ4v) is 14.1. The minimum Gasteiger partial charge on any atom is -0.280 e. The van der Waals surface area contributed by atoms with E-state index in [1.807, 2.05) is 38.1 Å². The summed E-state index contributed by atoms with van der Waals surface area (Å²) in [6.07, 6.45) is 0. The number of aromatic nitrogens is 2. The maximum atomic E-state index is 12.8. The number of anilines is 2. The van der Waals surface area contributed by atoms with Gasteiger partial charge in [0.25, 0.3) is 20.0 Å². The molecule has 0 unspecified atom stereocenters. The number of sulfonamides is 2. The van der Waals surface area contributed by atoms with Gasteiger partial charge in [-0.3, -0.25) is 9.44 Å². The number of hydrogen-bond acceptors (Lipinski definition) is 10. The van der Waals surface area contributed by atoms with Crippen LogP contribution in [0.2, 0.25) is 35.2 Å². The zero-order valence-corrected chi connectivity index (χ0v) is 41.1. The normalized spacial score (nSPS) is 11.8. The van der Waals surface area contributed by atoms with Crippen molar-refractivity contribution >= 4 is 179 Å². The number of rotatable bonds is 10. The van der Waals surface area contributed by atoms with E-state index in [0.29, 0.717) is 35.7 Å². The summed E-state index contributed by atoms with van der Waals surface area (Å²) in [6, 6.07) is 28.5. The quantitative estimate of drug-likeness (QED) is 0.139. The van der Waals surface area contributed by atoms with Crippen molar-refractivity contribution in [3.8, 4) is 0 Å². The number of hydrogen-bond donors (Lipinski definition) is 2. The monoisotopic (exact) mass is 1060 g/mol. The minimum absolute atomic E-state index is 0.0116. The van der Waals surface area contributed by atoms with Gasteiger partial charge in [0.1, 0.15) is 9.79 Å². The van der Waals surface area contributed by atoms with E-state index in [2.05, 4.69) is 19.4 Å². The number of thiazole rings is 2. The lowest BCUT2D eigenvalue weighted by Crippen LogP contribution is -2.13. The average molecular weight is 1070 g/mol. The van der Waals surface area contributed by atoms with Gasteiger partial charge in [-0.2, -0.15) is 0 Å². The second-order valence-corrected chi connectivity index (χ2v) is 23.7. The van der Waals surface area contributed by atoms with Crippen molar-refractivity contribution in [3.63, 3.8) is 0 Å². The smallest absolute Gasteiger partial charge is 0.263 e. The number of aryl methyl sites for hydroxylation is 2. The maximum absolute atomic E-state index is 12.8. The Morgan fingerprint density at radius 1 is 0.492 bits per heavy atom. The highest BCUT2D eigenvalue weighted by atomic mass is 35.5. The molecule has 2 heterocycles. The summed E-state index contributed by atoms with van der Waals surface area (Å²) in [5, 5.41) is 2.53. The van der Waals surface area contributed by atoms with Gasteiger partial charge in [0, 0.05) is 14.9 Å². The molecule has 0 bridgehead atoms. The third kappa shape index (κ3) is 11.4. The molecule has 61 heavy (non-hydrogen) atoms. The van der Waals surface area contributed by atoms with Crippen LogP contribution in [0, 0.1) is 13.8 Å². The molecule has 0 saturated heterocycles. The van der Waals surface area contributed by atoms with Gasteiger partial charge in [0.05, 0.1) is 61.8 Å². The number of fused-ring (bicyclic) bond motifs is 2. The molecule has 314 valence electrons. The minimum atomic E-state index is -3.92. The highest BCUT2D eigenvalue weighted by Crippen LogP contribution is 2.44. The van der Waals surface area contributed by atoms with Crippen LogP contribution in [0.1, 0.15) is 11.1 Å².